The lowest BCUT2D eigenvalue weighted by Gasteiger charge is -2.33. The Morgan fingerprint density at radius 2 is 2.00 bits per heavy atom. The zero-order valence-corrected chi connectivity index (χ0v) is 13.0. The third-order valence-electron chi connectivity index (χ3n) is 4.98. The molecule has 5 heterocycles. The third kappa shape index (κ3) is 2.16. The van der Waals surface area contributed by atoms with E-state index in [0.717, 1.165) is 29.9 Å². The lowest BCUT2D eigenvalue weighted by atomic mass is 10.2. The summed E-state index contributed by atoms with van der Waals surface area (Å²) in [6.45, 7) is 1.90. The highest BCUT2D eigenvalue weighted by Crippen LogP contribution is 2.32. The molecule has 0 aromatic carbocycles. The van der Waals surface area contributed by atoms with E-state index in [0.29, 0.717) is 23.3 Å². The zero-order valence-electron chi connectivity index (χ0n) is 13.0. The minimum atomic E-state index is -0.348. The molecular formula is C17H17FN6. The Morgan fingerprint density at radius 1 is 1.17 bits per heavy atom. The molecule has 6 nitrogen and oxygen atoms in total. The van der Waals surface area contributed by atoms with Crippen molar-refractivity contribution in [2.24, 2.45) is 0 Å². The average Bonchev–Trinajstić information content (AvgIpc) is 3.17. The van der Waals surface area contributed by atoms with Crippen LogP contribution in [0.25, 0.3) is 22.3 Å². The van der Waals surface area contributed by atoms with Gasteiger partial charge in [0.1, 0.15) is 17.8 Å². The fourth-order valence-electron chi connectivity index (χ4n) is 3.89. The first-order valence-electron chi connectivity index (χ1n) is 8.22. The predicted molar refractivity (Wildman–Crippen MR) is 89.2 cm³/mol. The maximum atomic E-state index is 14.0. The monoisotopic (exact) mass is 324 g/mol. The van der Waals surface area contributed by atoms with Gasteiger partial charge < -0.3 is 15.2 Å². The van der Waals surface area contributed by atoms with E-state index < -0.39 is 0 Å². The molecule has 3 aromatic rings. The number of hydrogen-bond acceptors (Lipinski definition) is 5. The first-order valence-corrected chi connectivity index (χ1v) is 8.22. The summed E-state index contributed by atoms with van der Waals surface area (Å²) >= 11 is 0. The number of fused-ring (bicyclic) bond motifs is 3. The molecule has 5 rings (SSSR count). The number of aromatic nitrogens is 4. The van der Waals surface area contributed by atoms with Crippen LogP contribution in [0.2, 0.25) is 0 Å². The highest BCUT2D eigenvalue weighted by molar-refractivity contribution is 5.92. The number of halogens is 1. The Bertz CT molecular complexity index is 895. The van der Waals surface area contributed by atoms with Gasteiger partial charge in [-0.1, -0.05) is 0 Å². The Balaban J connectivity index is 1.59. The quantitative estimate of drug-likeness (QED) is 0.755. The molecule has 2 atom stereocenters. The normalized spacial score (nSPS) is 23.1. The van der Waals surface area contributed by atoms with E-state index >= 15 is 0 Å². The summed E-state index contributed by atoms with van der Waals surface area (Å²) in [5.41, 5.74) is 1.93. The summed E-state index contributed by atoms with van der Waals surface area (Å²) in [4.78, 5) is 18.2. The van der Waals surface area contributed by atoms with Crippen LogP contribution in [0, 0.1) is 5.82 Å². The van der Waals surface area contributed by atoms with Gasteiger partial charge in [-0.25, -0.2) is 14.4 Å². The van der Waals surface area contributed by atoms with Crippen LogP contribution in [0.15, 0.2) is 30.9 Å². The van der Waals surface area contributed by atoms with Crippen molar-refractivity contribution in [3.63, 3.8) is 0 Å². The molecule has 0 radical (unpaired) electrons. The van der Waals surface area contributed by atoms with E-state index in [1.165, 1.54) is 19.0 Å². The van der Waals surface area contributed by atoms with Gasteiger partial charge in [-0.3, -0.25) is 4.98 Å². The molecule has 2 N–H and O–H groups in total. The van der Waals surface area contributed by atoms with Crippen molar-refractivity contribution < 1.29 is 4.39 Å². The van der Waals surface area contributed by atoms with Crippen LogP contribution in [-0.4, -0.2) is 45.1 Å². The largest absolute Gasteiger partial charge is 0.353 e. The van der Waals surface area contributed by atoms with Gasteiger partial charge in [0.15, 0.2) is 5.82 Å². The van der Waals surface area contributed by atoms with E-state index in [-0.39, 0.29) is 5.82 Å². The van der Waals surface area contributed by atoms with Gasteiger partial charge in [0.2, 0.25) is 0 Å². The second-order valence-corrected chi connectivity index (χ2v) is 6.54. The Labute approximate surface area is 138 Å². The number of rotatable bonds is 2. The average molecular weight is 324 g/mol. The molecule has 122 valence electrons. The molecule has 7 heteroatoms. The molecular weight excluding hydrogens is 307 g/mol. The number of anilines is 1. The van der Waals surface area contributed by atoms with E-state index in [1.54, 1.807) is 18.6 Å². The number of pyridine rings is 1. The van der Waals surface area contributed by atoms with Crippen LogP contribution in [-0.2, 0) is 0 Å². The molecule has 2 aliphatic heterocycles. The van der Waals surface area contributed by atoms with Crippen LogP contribution in [0.1, 0.15) is 12.8 Å². The van der Waals surface area contributed by atoms with Gasteiger partial charge in [-0.05, 0) is 25.0 Å². The van der Waals surface area contributed by atoms with E-state index in [4.69, 9.17) is 0 Å². The smallest absolute Gasteiger partial charge is 0.150 e. The van der Waals surface area contributed by atoms with Crippen molar-refractivity contribution in [2.75, 3.05) is 18.0 Å². The highest BCUT2D eigenvalue weighted by atomic mass is 19.1. The van der Waals surface area contributed by atoms with Crippen molar-refractivity contribution in [1.82, 2.24) is 25.3 Å². The predicted octanol–water partition coefficient (Wildman–Crippen LogP) is 2.10. The zero-order chi connectivity index (χ0) is 16.1. The molecule has 0 spiro atoms. The van der Waals surface area contributed by atoms with E-state index in [9.17, 15) is 4.39 Å². The van der Waals surface area contributed by atoms with Gasteiger partial charge in [0.25, 0.3) is 0 Å². The summed E-state index contributed by atoms with van der Waals surface area (Å²) in [6, 6.07) is 4.67. The van der Waals surface area contributed by atoms with Crippen LogP contribution < -0.4 is 10.2 Å². The van der Waals surface area contributed by atoms with Gasteiger partial charge in [0, 0.05) is 36.9 Å². The maximum absolute atomic E-state index is 14.0. The minimum absolute atomic E-state index is 0.348. The Kier molecular flexibility index (Phi) is 3.02. The van der Waals surface area contributed by atoms with Gasteiger partial charge in [-0.2, -0.15) is 0 Å². The van der Waals surface area contributed by atoms with Crippen molar-refractivity contribution in [3.8, 4) is 11.3 Å². The molecule has 0 amide bonds. The van der Waals surface area contributed by atoms with Crippen LogP contribution in [0.3, 0.4) is 0 Å². The number of nitrogens with one attached hydrogen (secondary N) is 2. The fraction of sp³-hybridized carbons (Fsp3) is 0.353. The Morgan fingerprint density at radius 3 is 2.79 bits per heavy atom. The van der Waals surface area contributed by atoms with Gasteiger partial charge in [-0.15, -0.1) is 0 Å². The molecule has 2 aliphatic rings. The van der Waals surface area contributed by atoms with Crippen molar-refractivity contribution in [3.05, 3.63) is 36.7 Å². The van der Waals surface area contributed by atoms with Crippen molar-refractivity contribution in [1.29, 1.82) is 0 Å². The van der Waals surface area contributed by atoms with Crippen molar-refractivity contribution in [2.45, 2.75) is 24.9 Å². The first-order chi connectivity index (χ1) is 11.8. The highest BCUT2D eigenvalue weighted by Gasteiger charge is 2.33. The van der Waals surface area contributed by atoms with E-state index in [1.807, 2.05) is 6.07 Å². The number of piperazine rings is 1. The summed E-state index contributed by atoms with van der Waals surface area (Å²) in [5, 5.41) is 4.56. The molecule has 2 saturated heterocycles. The van der Waals surface area contributed by atoms with Gasteiger partial charge >= 0.3 is 0 Å². The molecule has 0 saturated carbocycles. The lowest BCUT2D eigenvalue weighted by molar-refractivity contribution is 0.464. The molecule has 3 aromatic heterocycles. The fourth-order valence-corrected chi connectivity index (χ4v) is 3.89. The molecule has 2 fully saturated rings. The Hall–Kier alpha value is -2.54. The second kappa shape index (κ2) is 5.24. The van der Waals surface area contributed by atoms with E-state index in [2.05, 4.69) is 30.2 Å². The van der Waals surface area contributed by atoms with Gasteiger partial charge in [0.05, 0.1) is 17.3 Å². The first kappa shape index (κ1) is 13.9. The second-order valence-electron chi connectivity index (χ2n) is 6.54. The summed E-state index contributed by atoms with van der Waals surface area (Å²) < 4.78 is 14.0. The van der Waals surface area contributed by atoms with Crippen LogP contribution in [0.5, 0.6) is 0 Å². The number of aromatic amines is 1. The van der Waals surface area contributed by atoms with Crippen molar-refractivity contribution >= 4 is 16.9 Å². The summed E-state index contributed by atoms with van der Waals surface area (Å²) in [6.07, 6.45) is 6.82. The standard InChI is InChI=1S/C17H17FN6/c18-14-6-19-4-3-12(14)15-5-13-16(23-15)20-9-21-17(13)24-7-10-1-2-11(8-24)22-10/h3-6,9-11,22H,1-2,7-8H2,(H,20,21,23). The summed E-state index contributed by atoms with van der Waals surface area (Å²) in [7, 11) is 0. The maximum Gasteiger partial charge on any atom is 0.150 e. The number of nitrogens with zero attached hydrogens (tertiary/aromatic N) is 4. The molecule has 0 aliphatic carbocycles. The van der Waals surface area contributed by atoms with Crippen LogP contribution >= 0.6 is 0 Å². The molecule has 2 bridgehead atoms. The molecule has 24 heavy (non-hydrogen) atoms. The van der Waals surface area contributed by atoms with Crippen LogP contribution in [0.4, 0.5) is 10.2 Å². The minimum Gasteiger partial charge on any atom is -0.353 e. The third-order valence-corrected chi connectivity index (χ3v) is 4.98. The number of H-pyrrole nitrogens is 1. The SMILES string of the molecule is Fc1cnccc1-c1cc2c(N3CC4CCC(C3)N4)ncnc2[nH]1. The topological polar surface area (TPSA) is 69.7 Å². The molecule has 2 unspecified atom stereocenters. The number of hydrogen-bond donors (Lipinski definition) is 2. The summed E-state index contributed by atoms with van der Waals surface area (Å²) in [5.74, 6) is 0.578. The lowest BCUT2D eigenvalue weighted by Crippen LogP contribution is -2.51.